The second-order valence-corrected chi connectivity index (χ2v) is 4.02. The Kier molecular flexibility index (Phi) is 2.21. The Morgan fingerprint density at radius 1 is 1.26 bits per heavy atom. The van der Waals surface area contributed by atoms with Crippen molar-refractivity contribution in [2.24, 2.45) is 0 Å². The Morgan fingerprint density at radius 2 is 2.05 bits per heavy atom. The number of pyridine rings is 2. The van der Waals surface area contributed by atoms with E-state index in [0.29, 0.717) is 14.5 Å². The number of nitrogens with zero attached hydrogens (tertiary/aromatic N) is 3. The molecule has 3 aromatic rings. The third-order valence-electron chi connectivity index (χ3n) is 2.94. The van der Waals surface area contributed by atoms with Gasteiger partial charge >= 0.3 is 0 Å². The molecule has 94 valence electrons. The smallest absolute Gasteiger partial charge is 0.294 e. The van der Waals surface area contributed by atoms with E-state index in [0.717, 1.165) is 0 Å². The summed E-state index contributed by atoms with van der Waals surface area (Å²) in [6.45, 7) is 0. The molecule has 0 saturated carbocycles. The zero-order valence-electron chi connectivity index (χ0n) is 9.52. The minimum atomic E-state index is -0.566. The van der Waals surface area contributed by atoms with Crippen molar-refractivity contribution in [3.63, 3.8) is 0 Å². The van der Waals surface area contributed by atoms with Crippen LogP contribution in [0.2, 0.25) is 0 Å². The highest BCUT2D eigenvalue weighted by Gasteiger charge is 2.21. The molecular weight excluding hydrogens is 250 g/mol. The summed E-state index contributed by atoms with van der Waals surface area (Å²) in [4.78, 5) is 22.3. The number of non-ortho nitro benzene ring substituents is 1. The zero-order chi connectivity index (χ0) is 13.6. The molecule has 2 heterocycles. The van der Waals surface area contributed by atoms with Crippen LogP contribution in [0.4, 0.5) is 5.69 Å². The highest BCUT2D eigenvalue weighted by Crippen LogP contribution is 2.30. The Bertz CT molecular complexity index is 885. The number of nitro groups is 1. The fourth-order valence-electron chi connectivity index (χ4n) is 2.17. The molecular formula is C12H7N3O4. The topological polar surface area (TPSA) is 94.1 Å². The molecule has 3 rings (SSSR count). The first-order valence-electron chi connectivity index (χ1n) is 5.41. The number of aromatic nitrogens is 2. The molecule has 0 amide bonds. The monoisotopic (exact) mass is 257 g/mol. The van der Waals surface area contributed by atoms with Crippen molar-refractivity contribution in [1.82, 2.24) is 4.73 Å². The van der Waals surface area contributed by atoms with E-state index in [1.54, 1.807) is 6.07 Å². The maximum Gasteiger partial charge on any atom is 0.294 e. The van der Waals surface area contributed by atoms with Crippen LogP contribution in [-0.2, 0) is 0 Å². The van der Waals surface area contributed by atoms with Gasteiger partial charge in [0.05, 0.1) is 20.1 Å². The average Bonchev–Trinajstić information content (AvgIpc) is 2.38. The average molecular weight is 257 g/mol. The second-order valence-electron chi connectivity index (χ2n) is 4.02. The molecule has 7 nitrogen and oxygen atoms in total. The standard InChI is InChI=1S/C12H7N3O4/c16-13-5-1-3-8-7-10(15(18)19)9-4-2-6-14(17)12(9)11(8)13/h1-7H. The Balaban J connectivity index is 2.72. The van der Waals surface area contributed by atoms with Crippen molar-refractivity contribution in [2.75, 3.05) is 0 Å². The normalized spacial score (nSPS) is 10.9. The number of fused-ring (bicyclic) bond motifs is 3. The Labute approximate surface area is 105 Å². The number of hydrogen-bond donors (Lipinski definition) is 0. The molecule has 0 N–H and O–H groups in total. The summed E-state index contributed by atoms with van der Waals surface area (Å²) in [5, 5.41) is 23.4. The molecule has 0 bridgehead atoms. The molecule has 0 radical (unpaired) electrons. The van der Waals surface area contributed by atoms with Gasteiger partial charge in [-0.1, -0.05) is 0 Å². The lowest BCUT2D eigenvalue weighted by Gasteiger charge is -2.13. The quantitative estimate of drug-likeness (QED) is 0.288. The van der Waals surface area contributed by atoms with Gasteiger partial charge in [-0.15, -0.1) is 0 Å². The molecule has 0 aliphatic rings. The van der Waals surface area contributed by atoms with Gasteiger partial charge in [0.15, 0.2) is 0 Å². The van der Waals surface area contributed by atoms with Gasteiger partial charge in [0.1, 0.15) is 5.52 Å². The van der Waals surface area contributed by atoms with Crippen LogP contribution < -0.4 is 4.43 Å². The van der Waals surface area contributed by atoms with Crippen LogP contribution >= 0.6 is 0 Å². The molecule has 2 aromatic heterocycles. The van der Waals surface area contributed by atoms with E-state index in [2.05, 4.69) is 0 Å². The molecule has 0 spiro atoms. The summed E-state index contributed by atoms with van der Waals surface area (Å²) in [6.07, 6.45) is 2.46. The zero-order valence-corrected chi connectivity index (χ0v) is 9.52. The SMILES string of the molecule is O=[N+]([O-])c1cc2ccc[n+](=O)c2c2c1cccn2[O-]. The molecule has 0 aliphatic heterocycles. The fourth-order valence-corrected chi connectivity index (χ4v) is 2.17. The van der Waals surface area contributed by atoms with Gasteiger partial charge in [-0.25, -0.2) is 0 Å². The number of benzene rings is 1. The number of hydrogen-bond acceptors (Lipinski definition) is 4. The van der Waals surface area contributed by atoms with Gasteiger partial charge in [-0.3, -0.25) is 10.1 Å². The predicted molar refractivity (Wildman–Crippen MR) is 68.2 cm³/mol. The molecule has 0 saturated heterocycles. The minimum Gasteiger partial charge on any atom is -0.805 e. The molecule has 0 aliphatic carbocycles. The van der Waals surface area contributed by atoms with Crippen LogP contribution in [0.5, 0.6) is 0 Å². The lowest BCUT2D eigenvalue weighted by Crippen LogP contribution is -2.15. The second kappa shape index (κ2) is 3.77. The largest absolute Gasteiger partial charge is 0.805 e. The number of nitro benzene ring substituents is 1. The van der Waals surface area contributed by atoms with Crippen molar-refractivity contribution >= 4 is 27.5 Å². The summed E-state index contributed by atoms with van der Waals surface area (Å²) < 4.78 is 1.01. The first-order valence-corrected chi connectivity index (χ1v) is 5.41. The van der Waals surface area contributed by atoms with E-state index in [1.807, 2.05) is 0 Å². The Hall–Kier alpha value is -2.96. The van der Waals surface area contributed by atoms with Crippen LogP contribution in [0.15, 0.2) is 42.7 Å². The predicted octanol–water partition coefficient (Wildman–Crippen LogP) is 1.96. The van der Waals surface area contributed by atoms with Crippen molar-refractivity contribution in [3.05, 3.63) is 63.0 Å². The van der Waals surface area contributed by atoms with Crippen LogP contribution in [0.25, 0.3) is 21.8 Å². The Morgan fingerprint density at radius 3 is 2.79 bits per heavy atom. The fraction of sp³-hybridized carbons (Fsp3) is 0. The minimum absolute atomic E-state index is 0.00213. The van der Waals surface area contributed by atoms with Crippen LogP contribution in [-0.4, -0.2) is 9.65 Å². The lowest BCUT2D eigenvalue weighted by molar-refractivity contribution is -0.463. The summed E-state index contributed by atoms with van der Waals surface area (Å²) >= 11 is 0. The van der Waals surface area contributed by atoms with Crippen LogP contribution in [0, 0.1) is 20.2 Å². The summed E-state index contributed by atoms with van der Waals surface area (Å²) in [5.41, 5.74) is -0.0695. The molecule has 19 heavy (non-hydrogen) atoms. The third-order valence-corrected chi connectivity index (χ3v) is 2.94. The van der Waals surface area contributed by atoms with E-state index in [9.17, 15) is 20.2 Å². The van der Waals surface area contributed by atoms with Crippen molar-refractivity contribution in [1.29, 1.82) is 0 Å². The third kappa shape index (κ3) is 1.52. The van der Waals surface area contributed by atoms with Gasteiger partial charge in [-0.2, -0.15) is 0 Å². The van der Waals surface area contributed by atoms with Crippen molar-refractivity contribution in [3.8, 4) is 0 Å². The van der Waals surface area contributed by atoms with Crippen LogP contribution in [0.1, 0.15) is 0 Å². The van der Waals surface area contributed by atoms with E-state index in [-0.39, 0.29) is 22.1 Å². The van der Waals surface area contributed by atoms with E-state index >= 15 is 0 Å². The van der Waals surface area contributed by atoms with Gasteiger partial charge in [0, 0.05) is 17.0 Å². The molecule has 1 aromatic carbocycles. The van der Waals surface area contributed by atoms with Gasteiger partial charge in [0.2, 0.25) is 6.20 Å². The molecule has 0 unspecified atom stereocenters. The molecule has 0 fully saturated rings. The number of rotatable bonds is 1. The highest BCUT2D eigenvalue weighted by molar-refractivity contribution is 6.06. The van der Waals surface area contributed by atoms with Crippen molar-refractivity contribution < 1.29 is 9.35 Å². The van der Waals surface area contributed by atoms with E-state index in [4.69, 9.17) is 0 Å². The highest BCUT2D eigenvalue weighted by atomic mass is 16.6. The van der Waals surface area contributed by atoms with E-state index < -0.39 is 4.92 Å². The summed E-state index contributed by atoms with van der Waals surface area (Å²) in [6, 6.07) is 7.19. The summed E-state index contributed by atoms with van der Waals surface area (Å²) in [5.74, 6) is 0. The first-order chi connectivity index (χ1) is 9.09. The summed E-state index contributed by atoms with van der Waals surface area (Å²) in [7, 11) is 0. The van der Waals surface area contributed by atoms with Crippen LogP contribution in [0.3, 0.4) is 0 Å². The molecule has 0 atom stereocenters. The van der Waals surface area contributed by atoms with E-state index in [1.165, 1.54) is 36.7 Å². The maximum atomic E-state index is 11.9. The van der Waals surface area contributed by atoms with Gasteiger partial charge in [0.25, 0.3) is 11.2 Å². The lowest BCUT2D eigenvalue weighted by atomic mass is 10.1. The first kappa shape index (κ1) is 11.1. The molecule has 7 heteroatoms. The maximum absolute atomic E-state index is 11.9. The van der Waals surface area contributed by atoms with Gasteiger partial charge < -0.3 is 9.94 Å². The van der Waals surface area contributed by atoms with Gasteiger partial charge in [-0.05, 0) is 24.4 Å². The van der Waals surface area contributed by atoms with Crippen molar-refractivity contribution in [2.45, 2.75) is 0 Å².